The van der Waals surface area contributed by atoms with E-state index in [-0.39, 0.29) is 30.4 Å². The van der Waals surface area contributed by atoms with Gasteiger partial charge in [0.2, 0.25) is 5.91 Å². The molecule has 94 valence electrons. The molecule has 0 saturated carbocycles. The van der Waals surface area contributed by atoms with Crippen LogP contribution in [0.3, 0.4) is 0 Å². The van der Waals surface area contributed by atoms with Crippen molar-refractivity contribution in [1.29, 1.82) is 0 Å². The Labute approximate surface area is 99.0 Å². The number of nitrogens with two attached hydrogens (primary N) is 1. The molecule has 1 aromatic rings. The number of hydrogen-bond donors (Lipinski definition) is 2. The summed E-state index contributed by atoms with van der Waals surface area (Å²) >= 11 is 0. The molecule has 0 aliphatic rings. The van der Waals surface area contributed by atoms with Crippen LogP contribution < -0.4 is 11.1 Å². The number of carbonyl (C=O) groups excluding carboxylic acids is 1. The maximum absolute atomic E-state index is 13.2. The lowest BCUT2D eigenvalue weighted by atomic mass is 10.1. The minimum absolute atomic E-state index is 0.0142. The largest absolute Gasteiger partial charge is 0.352 e. The lowest BCUT2D eigenvalue weighted by Gasteiger charge is -2.09. The van der Waals surface area contributed by atoms with Gasteiger partial charge in [-0.15, -0.1) is 0 Å². The zero-order valence-electron chi connectivity index (χ0n) is 9.67. The van der Waals surface area contributed by atoms with Gasteiger partial charge >= 0.3 is 0 Å². The highest BCUT2D eigenvalue weighted by Crippen LogP contribution is 2.09. The molecule has 1 amide bonds. The van der Waals surface area contributed by atoms with Crippen LogP contribution >= 0.6 is 0 Å². The molecular weight excluding hydrogens is 226 g/mol. The molecule has 0 radical (unpaired) electrons. The first-order valence-electron chi connectivity index (χ1n) is 5.43. The van der Waals surface area contributed by atoms with Gasteiger partial charge in [0.1, 0.15) is 11.6 Å². The molecule has 0 aliphatic heterocycles. The number of nitrogens with one attached hydrogen (secondary N) is 1. The van der Waals surface area contributed by atoms with Gasteiger partial charge in [0.05, 0.1) is 0 Å². The number of hydrogen-bond acceptors (Lipinski definition) is 2. The molecule has 0 aromatic heterocycles. The van der Waals surface area contributed by atoms with Crippen LogP contribution in [0.5, 0.6) is 0 Å². The van der Waals surface area contributed by atoms with Crippen LogP contribution in [0.2, 0.25) is 0 Å². The maximum atomic E-state index is 13.2. The Kier molecular flexibility index (Phi) is 5.03. The van der Waals surface area contributed by atoms with Crippen molar-refractivity contribution in [2.75, 3.05) is 6.54 Å². The van der Waals surface area contributed by atoms with Crippen molar-refractivity contribution in [3.63, 3.8) is 0 Å². The summed E-state index contributed by atoms with van der Waals surface area (Å²) in [5.41, 5.74) is 5.52. The standard InChI is InChI=1S/C12H16F2N2O/c1-8(6-15)4-12(17)16-7-9-5-10(13)2-3-11(9)14/h2-3,5,8H,4,6-7,15H2,1H3,(H,16,17). The van der Waals surface area contributed by atoms with Crippen molar-refractivity contribution >= 4 is 5.91 Å². The highest BCUT2D eigenvalue weighted by molar-refractivity contribution is 5.76. The molecular formula is C12H16F2N2O. The quantitative estimate of drug-likeness (QED) is 0.823. The van der Waals surface area contributed by atoms with Crippen LogP contribution in [-0.2, 0) is 11.3 Å². The van der Waals surface area contributed by atoms with E-state index in [1.807, 2.05) is 6.92 Å². The molecule has 1 unspecified atom stereocenters. The van der Waals surface area contributed by atoms with Crippen LogP contribution in [0, 0.1) is 17.6 Å². The summed E-state index contributed by atoms with van der Waals surface area (Å²) in [6.07, 6.45) is 0.285. The summed E-state index contributed by atoms with van der Waals surface area (Å²) < 4.78 is 26.1. The predicted octanol–water partition coefficient (Wildman–Crippen LogP) is 1.57. The van der Waals surface area contributed by atoms with Gasteiger partial charge in [-0.05, 0) is 30.7 Å². The van der Waals surface area contributed by atoms with Crippen LogP contribution in [0.1, 0.15) is 18.9 Å². The second-order valence-electron chi connectivity index (χ2n) is 4.06. The number of benzene rings is 1. The van der Waals surface area contributed by atoms with E-state index in [1.165, 1.54) is 0 Å². The molecule has 0 fully saturated rings. The summed E-state index contributed by atoms with van der Waals surface area (Å²) in [5, 5.41) is 2.53. The SMILES string of the molecule is CC(CN)CC(=O)NCc1cc(F)ccc1F. The Balaban J connectivity index is 2.50. The van der Waals surface area contributed by atoms with E-state index in [0.717, 1.165) is 18.2 Å². The van der Waals surface area contributed by atoms with Gasteiger partial charge in [0.15, 0.2) is 0 Å². The fourth-order valence-corrected chi connectivity index (χ4v) is 1.34. The summed E-state index contributed by atoms with van der Waals surface area (Å²) in [7, 11) is 0. The minimum atomic E-state index is -0.529. The van der Waals surface area contributed by atoms with E-state index in [0.29, 0.717) is 6.54 Å². The Morgan fingerprint density at radius 3 is 2.82 bits per heavy atom. The number of halogens is 2. The van der Waals surface area contributed by atoms with Crippen molar-refractivity contribution in [1.82, 2.24) is 5.32 Å². The Bertz CT molecular complexity index is 396. The van der Waals surface area contributed by atoms with Crippen molar-refractivity contribution in [3.05, 3.63) is 35.4 Å². The highest BCUT2D eigenvalue weighted by Gasteiger charge is 2.09. The van der Waals surface area contributed by atoms with Gasteiger partial charge in [-0.25, -0.2) is 8.78 Å². The monoisotopic (exact) mass is 242 g/mol. The molecule has 3 nitrogen and oxygen atoms in total. The minimum Gasteiger partial charge on any atom is -0.352 e. The van der Waals surface area contributed by atoms with E-state index in [4.69, 9.17) is 5.73 Å². The third-order valence-corrected chi connectivity index (χ3v) is 2.42. The molecule has 17 heavy (non-hydrogen) atoms. The van der Waals surface area contributed by atoms with Crippen molar-refractivity contribution in [2.45, 2.75) is 19.9 Å². The van der Waals surface area contributed by atoms with E-state index in [9.17, 15) is 13.6 Å². The smallest absolute Gasteiger partial charge is 0.220 e. The van der Waals surface area contributed by atoms with E-state index in [1.54, 1.807) is 0 Å². The first-order chi connectivity index (χ1) is 8.02. The van der Waals surface area contributed by atoms with Gasteiger partial charge in [-0.2, -0.15) is 0 Å². The average molecular weight is 242 g/mol. The van der Waals surface area contributed by atoms with Crippen LogP contribution in [0.4, 0.5) is 8.78 Å². The first kappa shape index (κ1) is 13.6. The molecule has 0 bridgehead atoms. The third kappa shape index (κ3) is 4.48. The molecule has 1 rings (SSSR count). The van der Waals surface area contributed by atoms with Crippen molar-refractivity contribution < 1.29 is 13.6 Å². The normalized spacial score (nSPS) is 12.2. The molecule has 5 heteroatoms. The fraction of sp³-hybridized carbons (Fsp3) is 0.417. The molecule has 1 aromatic carbocycles. The molecule has 0 heterocycles. The Morgan fingerprint density at radius 1 is 1.47 bits per heavy atom. The summed E-state index contributed by atoms with van der Waals surface area (Å²) in [4.78, 5) is 11.4. The van der Waals surface area contributed by atoms with Crippen molar-refractivity contribution in [2.24, 2.45) is 11.7 Å². The highest BCUT2D eigenvalue weighted by atomic mass is 19.1. The van der Waals surface area contributed by atoms with Crippen molar-refractivity contribution in [3.8, 4) is 0 Å². The maximum Gasteiger partial charge on any atom is 0.220 e. The van der Waals surface area contributed by atoms with Gasteiger partial charge in [-0.3, -0.25) is 4.79 Å². The Hall–Kier alpha value is -1.49. The lowest BCUT2D eigenvalue weighted by molar-refractivity contribution is -0.122. The molecule has 0 saturated heterocycles. The topological polar surface area (TPSA) is 55.1 Å². The Morgan fingerprint density at radius 2 is 2.18 bits per heavy atom. The summed E-state index contributed by atoms with van der Waals surface area (Å²) in [6, 6.07) is 3.15. The van der Waals surface area contributed by atoms with Gasteiger partial charge < -0.3 is 11.1 Å². The van der Waals surface area contributed by atoms with Gasteiger partial charge in [0, 0.05) is 18.5 Å². The van der Waals surface area contributed by atoms with Crippen LogP contribution in [0.15, 0.2) is 18.2 Å². The van der Waals surface area contributed by atoms with E-state index < -0.39 is 11.6 Å². The fourth-order valence-electron chi connectivity index (χ4n) is 1.34. The van der Waals surface area contributed by atoms with E-state index in [2.05, 4.69) is 5.32 Å². The predicted molar refractivity (Wildman–Crippen MR) is 61.0 cm³/mol. The first-order valence-corrected chi connectivity index (χ1v) is 5.43. The average Bonchev–Trinajstić information content (AvgIpc) is 2.30. The number of carbonyl (C=O) groups is 1. The molecule has 3 N–H and O–H groups in total. The summed E-state index contributed by atoms with van der Waals surface area (Å²) in [5.74, 6) is -1.19. The molecule has 0 aliphatic carbocycles. The number of amides is 1. The van der Waals surface area contributed by atoms with Gasteiger partial charge in [-0.1, -0.05) is 6.92 Å². The second-order valence-corrected chi connectivity index (χ2v) is 4.06. The number of rotatable bonds is 5. The molecule has 1 atom stereocenters. The third-order valence-electron chi connectivity index (χ3n) is 2.42. The zero-order chi connectivity index (χ0) is 12.8. The van der Waals surface area contributed by atoms with Gasteiger partial charge in [0.25, 0.3) is 0 Å². The van der Waals surface area contributed by atoms with Crippen LogP contribution in [0.25, 0.3) is 0 Å². The van der Waals surface area contributed by atoms with Crippen LogP contribution in [-0.4, -0.2) is 12.5 Å². The second kappa shape index (κ2) is 6.30. The summed E-state index contributed by atoms with van der Waals surface area (Å²) in [6.45, 7) is 2.25. The lowest BCUT2D eigenvalue weighted by Crippen LogP contribution is -2.27. The van der Waals surface area contributed by atoms with E-state index >= 15 is 0 Å². The molecule has 0 spiro atoms. The zero-order valence-corrected chi connectivity index (χ0v) is 9.67.